The number of anilines is 1. The maximum absolute atomic E-state index is 13.1. The van der Waals surface area contributed by atoms with Gasteiger partial charge in [0.05, 0.1) is 40.4 Å². The van der Waals surface area contributed by atoms with Crippen molar-refractivity contribution in [2.24, 2.45) is 0 Å². The average Bonchev–Trinajstić information content (AvgIpc) is 2.88. The molecule has 0 aromatic heterocycles. The van der Waals surface area contributed by atoms with Gasteiger partial charge in [0.15, 0.2) is 34.5 Å². The molecule has 0 amide bonds. The van der Waals surface area contributed by atoms with Crippen LogP contribution < -0.4 is 28.4 Å². The van der Waals surface area contributed by atoms with Gasteiger partial charge in [0.25, 0.3) is 10.0 Å². The lowest BCUT2D eigenvalue weighted by atomic mass is 10.1. The summed E-state index contributed by atoms with van der Waals surface area (Å²) in [6.45, 7) is 0. The van der Waals surface area contributed by atoms with Gasteiger partial charge in [0, 0.05) is 11.6 Å². The van der Waals surface area contributed by atoms with Crippen LogP contribution >= 0.6 is 0 Å². The summed E-state index contributed by atoms with van der Waals surface area (Å²) in [6.07, 6.45) is 3.28. The average molecular weight is 518 g/mol. The first-order valence-corrected chi connectivity index (χ1v) is 11.9. The van der Waals surface area contributed by atoms with Crippen molar-refractivity contribution in [1.82, 2.24) is 0 Å². The molecule has 3 aromatic carbocycles. The van der Waals surface area contributed by atoms with Gasteiger partial charge in [-0.05, 0) is 42.0 Å². The number of sulfonamides is 1. The van der Waals surface area contributed by atoms with Gasteiger partial charge in [0.1, 0.15) is 5.69 Å². The Bertz CT molecular complexity index is 1360. The summed E-state index contributed by atoms with van der Waals surface area (Å²) < 4.78 is 54.7. The van der Waals surface area contributed by atoms with Crippen molar-refractivity contribution in [3.8, 4) is 40.2 Å². The molecule has 0 atom stereocenters. The van der Waals surface area contributed by atoms with E-state index in [0.29, 0.717) is 28.4 Å². The summed E-state index contributed by atoms with van der Waals surface area (Å²) in [7, 11) is 2.97. The number of benzene rings is 3. The highest BCUT2D eigenvalue weighted by molar-refractivity contribution is 7.92. The first-order chi connectivity index (χ1) is 17.2. The van der Waals surface area contributed by atoms with Gasteiger partial charge in [-0.15, -0.1) is 0 Å². The molecule has 3 aromatic rings. The highest BCUT2D eigenvalue weighted by Crippen LogP contribution is 2.41. The van der Waals surface area contributed by atoms with E-state index in [2.05, 4.69) is 4.72 Å². The van der Waals surface area contributed by atoms with E-state index in [1.807, 2.05) is 0 Å². The van der Waals surface area contributed by atoms with E-state index < -0.39 is 15.8 Å². The molecule has 0 aliphatic rings. The minimum atomic E-state index is -4.22. The molecule has 0 aliphatic heterocycles. The zero-order valence-electron chi connectivity index (χ0n) is 20.4. The second-order valence-corrected chi connectivity index (χ2v) is 8.99. The van der Waals surface area contributed by atoms with Crippen molar-refractivity contribution in [3.05, 3.63) is 53.6 Å². The van der Waals surface area contributed by atoms with Gasteiger partial charge < -0.3 is 33.9 Å². The molecule has 192 valence electrons. The topological polar surface area (TPSA) is 133 Å². The van der Waals surface area contributed by atoms with Crippen LogP contribution in [0.15, 0.2) is 47.4 Å². The largest absolute Gasteiger partial charge is 0.504 e. The molecule has 0 fully saturated rings. The summed E-state index contributed by atoms with van der Waals surface area (Å²) in [4.78, 5) is -0.234. The summed E-state index contributed by atoms with van der Waals surface area (Å²) in [5, 5.41) is 20.8. The molecule has 0 saturated heterocycles. The van der Waals surface area contributed by atoms with E-state index in [4.69, 9.17) is 23.7 Å². The number of hydrogen-bond acceptors (Lipinski definition) is 9. The predicted octanol–water partition coefficient (Wildman–Crippen LogP) is 4.11. The van der Waals surface area contributed by atoms with Gasteiger partial charge in [-0.1, -0.05) is 12.2 Å². The number of phenols is 2. The third-order valence-electron chi connectivity index (χ3n) is 5.23. The molecule has 0 bridgehead atoms. The van der Waals surface area contributed by atoms with Crippen LogP contribution in [0, 0.1) is 0 Å². The summed E-state index contributed by atoms with van der Waals surface area (Å²) >= 11 is 0. The smallest absolute Gasteiger partial charge is 0.262 e. The van der Waals surface area contributed by atoms with E-state index in [1.165, 1.54) is 53.7 Å². The Morgan fingerprint density at radius 2 is 1.31 bits per heavy atom. The second kappa shape index (κ2) is 11.0. The molecule has 0 aliphatic carbocycles. The standard InChI is InChI=1S/C25H27NO9S/c1-31-19-11-9-17(14-18(19)27)36(29,30)26-23-16(8-10-20(32-2)24(23)28)7-6-15-12-21(33-3)25(35-5)22(13-15)34-4/h6-14,26-28H,1-5H3. The lowest BCUT2D eigenvalue weighted by Gasteiger charge is -2.15. The van der Waals surface area contributed by atoms with Gasteiger partial charge in [-0.3, -0.25) is 4.72 Å². The van der Waals surface area contributed by atoms with E-state index in [9.17, 15) is 18.6 Å². The maximum atomic E-state index is 13.1. The van der Waals surface area contributed by atoms with Crippen molar-refractivity contribution in [2.75, 3.05) is 40.3 Å². The van der Waals surface area contributed by atoms with Crippen LogP contribution in [-0.4, -0.2) is 54.2 Å². The summed E-state index contributed by atoms with van der Waals surface area (Å²) in [5.41, 5.74) is 0.880. The lowest BCUT2D eigenvalue weighted by molar-refractivity contribution is 0.324. The van der Waals surface area contributed by atoms with Crippen LogP contribution in [0.2, 0.25) is 0 Å². The Hall–Kier alpha value is -4.25. The Kier molecular flexibility index (Phi) is 8.05. The minimum absolute atomic E-state index is 0.0650. The van der Waals surface area contributed by atoms with Crippen LogP contribution in [0.25, 0.3) is 12.2 Å². The zero-order chi connectivity index (χ0) is 26.5. The van der Waals surface area contributed by atoms with Crippen LogP contribution in [0.5, 0.6) is 40.2 Å². The molecule has 3 N–H and O–H groups in total. The van der Waals surface area contributed by atoms with Crippen molar-refractivity contribution in [3.63, 3.8) is 0 Å². The molecule has 10 nitrogen and oxygen atoms in total. The number of aromatic hydroxyl groups is 2. The normalized spacial score (nSPS) is 11.2. The maximum Gasteiger partial charge on any atom is 0.262 e. The number of rotatable bonds is 10. The van der Waals surface area contributed by atoms with Crippen molar-refractivity contribution < 1.29 is 42.3 Å². The number of nitrogens with one attached hydrogen (secondary N) is 1. The summed E-state index contributed by atoms with van der Waals surface area (Å²) in [5.74, 6) is 0.727. The quantitative estimate of drug-likeness (QED) is 0.268. The number of ether oxygens (including phenoxy) is 5. The van der Waals surface area contributed by atoms with E-state index in [0.717, 1.165) is 6.07 Å². The Morgan fingerprint density at radius 1 is 0.722 bits per heavy atom. The van der Waals surface area contributed by atoms with Crippen molar-refractivity contribution >= 4 is 27.9 Å². The third-order valence-corrected chi connectivity index (χ3v) is 6.58. The second-order valence-electron chi connectivity index (χ2n) is 7.31. The Balaban J connectivity index is 2.06. The highest BCUT2D eigenvalue weighted by atomic mass is 32.2. The fourth-order valence-electron chi connectivity index (χ4n) is 3.41. The molecular weight excluding hydrogens is 490 g/mol. The molecular formula is C25H27NO9S. The van der Waals surface area contributed by atoms with Crippen molar-refractivity contribution in [2.45, 2.75) is 4.90 Å². The highest BCUT2D eigenvalue weighted by Gasteiger charge is 2.22. The van der Waals surface area contributed by atoms with Gasteiger partial charge in [-0.25, -0.2) is 8.42 Å². The lowest BCUT2D eigenvalue weighted by Crippen LogP contribution is -2.14. The van der Waals surface area contributed by atoms with E-state index >= 15 is 0 Å². The van der Waals surface area contributed by atoms with Crippen LogP contribution in [0.3, 0.4) is 0 Å². The number of phenolic OH excluding ortho intramolecular Hbond substituents is 2. The molecule has 11 heteroatoms. The molecule has 0 unspecified atom stereocenters. The first kappa shape index (κ1) is 26.4. The molecule has 36 heavy (non-hydrogen) atoms. The third kappa shape index (κ3) is 5.36. The summed E-state index contributed by atoms with van der Waals surface area (Å²) in [6, 6.07) is 10.1. The van der Waals surface area contributed by atoms with Gasteiger partial charge in [0.2, 0.25) is 5.75 Å². The van der Waals surface area contributed by atoms with Crippen LogP contribution in [0.4, 0.5) is 5.69 Å². The van der Waals surface area contributed by atoms with E-state index in [1.54, 1.807) is 30.4 Å². The fourth-order valence-corrected chi connectivity index (χ4v) is 4.53. The Morgan fingerprint density at radius 3 is 1.83 bits per heavy atom. The fraction of sp³-hybridized carbons (Fsp3) is 0.200. The molecule has 0 spiro atoms. The molecule has 0 radical (unpaired) electrons. The van der Waals surface area contributed by atoms with Crippen LogP contribution in [0.1, 0.15) is 11.1 Å². The predicted molar refractivity (Wildman–Crippen MR) is 135 cm³/mol. The zero-order valence-corrected chi connectivity index (χ0v) is 21.2. The van der Waals surface area contributed by atoms with Crippen molar-refractivity contribution in [1.29, 1.82) is 0 Å². The monoisotopic (exact) mass is 517 g/mol. The SMILES string of the molecule is COc1ccc(S(=O)(=O)Nc2c(C=Cc3cc(OC)c(OC)c(OC)c3)ccc(OC)c2O)cc1O. The Labute approximate surface area is 209 Å². The van der Waals surface area contributed by atoms with Gasteiger partial charge >= 0.3 is 0 Å². The number of hydrogen-bond donors (Lipinski definition) is 3. The van der Waals surface area contributed by atoms with Crippen LogP contribution in [-0.2, 0) is 10.0 Å². The van der Waals surface area contributed by atoms with E-state index in [-0.39, 0.29) is 27.8 Å². The molecule has 0 heterocycles. The first-order valence-electron chi connectivity index (χ1n) is 10.5. The van der Waals surface area contributed by atoms with Gasteiger partial charge in [-0.2, -0.15) is 0 Å². The molecule has 0 saturated carbocycles. The molecule has 3 rings (SSSR count). The number of methoxy groups -OCH3 is 5. The minimum Gasteiger partial charge on any atom is -0.504 e.